The van der Waals surface area contributed by atoms with Gasteiger partial charge in [0.25, 0.3) is 5.91 Å². The van der Waals surface area contributed by atoms with E-state index in [-0.39, 0.29) is 41.9 Å². The van der Waals surface area contributed by atoms with Crippen LogP contribution in [-0.4, -0.2) is 55.1 Å². The van der Waals surface area contributed by atoms with Gasteiger partial charge in [-0.15, -0.1) is 0 Å². The van der Waals surface area contributed by atoms with Crippen molar-refractivity contribution in [2.45, 2.75) is 36.5 Å². The third kappa shape index (κ3) is 5.00. The molecule has 1 N–H and O–H groups in total. The molecule has 0 bridgehead atoms. The van der Waals surface area contributed by atoms with Crippen molar-refractivity contribution in [1.82, 2.24) is 14.5 Å². The van der Waals surface area contributed by atoms with E-state index in [0.717, 1.165) is 25.0 Å². The van der Waals surface area contributed by atoms with Crippen LogP contribution in [0.1, 0.15) is 34.3 Å². The van der Waals surface area contributed by atoms with E-state index < -0.39 is 39.6 Å². The molecule has 5 rings (SSSR count). The summed E-state index contributed by atoms with van der Waals surface area (Å²) in [4.78, 5) is 28.1. The van der Waals surface area contributed by atoms with Crippen molar-refractivity contribution in [3.63, 3.8) is 0 Å². The van der Waals surface area contributed by atoms with E-state index in [9.17, 15) is 31.2 Å². The number of hydrogen-bond acceptors (Lipinski definition) is 5. The summed E-state index contributed by atoms with van der Waals surface area (Å²) in [6.07, 6.45) is -2.91. The number of nitriles is 1. The van der Waals surface area contributed by atoms with Crippen LogP contribution >= 0.6 is 0 Å². The quantitative estimate of drug-likeness (QED) is 0.599. The van der Waals surface area contributed by atoms with Gasteiger partial charge in [-0.05, 0) is 60.6 Å². The number of hydrogen-bond donors (Lipinski definition) is 1. The summed E-state index contributed by atoms with van der Waals surface area (Å²) in [5, 5.41) is 11.7. The third-order valence-electron chi connectivity index (χ3n) is 7.49. The van der Waals surface area contributed by atoms with Crippen molar-refractivity contribution in [2.75, 3.05) is 19.6 Å². The standard InChI is InChI=1S/C26H25F3N4O4S/c27-26(28,29)20-6-4-16(5-7-20)13-31-24(34)23-22-11-18(22)8-9-33(23)25(35)19-2-1-3-21(10-19)38(36,37)32-14-17(12-30)15-32/h1-7,10,17-18,22-23H,8-9,11,13-15H2,(H,31,34)/t18?,22-,23+/m0/s1. The van der Waals surface area contributed by atoms with Crippen LogP contribution in [0.2, 0.25) is 0 Å². The molecule has 2 aliphatic heterocycles. The molecule has 2 heterocycles. The molecule has 3 fully saturated rings. The number of benzene rings is 2. The summed E-state index contributed by atoms with van der Waals surface area (Å²) in [5.41, 5.74) is -0.140. The lowest BCUT2D eigenvalue weighted by Crippen LogP contribution is -2.53. The minimum Gasteiger partial charge on any atom is -0.350 e. The van der Waals surface area contributed by atoms with E-state index in [2.05, 4.69) is 5.32 Å². The van der Waals surface area contributed by atoms with Gasteiger partial charge in [0.15, 0.2) is 0 Å². The zero-order valence-corrected chi connectivity index (χ0v) is 21.0. The van der Waals surface area contributed by atoms with Crippen molar-refractivity contribution in [3.05, 3.63) is 65.2 Å². The molecule has 38 heavy (non-hydrogen) atoms. The lowest BCUT2D eigenvalue weighted by Gasteiger charge is -2.35. The van der Waals surface area contributed by atoms with Crippen LogP contribution in [0.4, 0.5) is 13.2 Å². The number of nitrogens with zero attached hydrogens (tertiary/aromatic N) is 3. The van der Waals surface area contributed by atoms with Crippen LogP contribution in [0.3, 0.4) is 0 Å². The van der Waals surface area contributed by atoms with Gasteiger partial charge in [0.1, 0.15) is 6.04 Å². The van der Waals surface area contributed by atoms with Crippen LogP contribution in [0.5, 0.6) is 0 Å². The molecule has 0 aromatic heterocycles. The van der Waals surface area contributed by atoms with Crippen molar-refractivity contribution in [1.29, 1.82) is 5.26 Å². The second kappa shape index (κ2) is 9.71. The zero-order valence-electron chi connectivity index (χ0n) is 20.2. The highest BCUT2D eigenvalue weighted by molar-refractivity contribution is 7.89. The number of halogens is 3. The number of carbonyl (C=O) groups excluding carboxylic acids is 2. The number of piperidine rings is 1. The molecule has 200 valence electrons. The molecule has 1 aliphatic carbocycles. The highest BCUT2D eigenvalue weighted by atomic mass is 32.2. The lowest BCUT2D eigenvalue weighted by molar-refractivity contribution is -0.137. The van der Waals surface area contributed by atoms with Gasteiger partial charge >= 0.3 is 6.18 Å². The number of likely N-dealkylation sites (tertiary alicyclic amines) is 1. The molecular formula is C26H25F3N4O4S. The topological polar surface area (TPSA) is 111 Å². The maximum absolute atomic E-state index is 13.5. The molecule has 3 atom stereocenters. The minimum atomic E-state index is -4.45. The molecule has 2 aromatic carbocycles. The van der Waals surface area contributed by atoms with Gasteiger partial charge in [0, 0.05) is 31.7 Å². The van der Waals surface area contributed by atoms with Crippen molar-refractivity contribution >= 4 is 21.8 Å². The summed E-state index contributed by atoms with van der Waals surface area (Å²) in [6, 6.07) is 11.5. The van der Waals surface area contributed by atoms with Crippen molar-refractivity contribution in [2.24, 2.45) is 17.8 Å². The average Bonchev–Trinajstić information content (AvgIpc) is 3.65. The summed E-state index contributed by atoms with van der Waals surface area (Å²) >= 11 is 0. The summed E-state index contributed by atoms with van der Waals surface area (Å²) < 4.78 is 65.5. The van der Waals surface area contributed by atoms with E-state index >= 15 is 0 Å². The monoisotopic (exact) mass is 546 g/mol. The summed E-state index contributed by atoms with van der Waals surface area (Å²) in [6.45, 7) is 0.562. The SMILES string of the molecule is N#CC1CN(S(=O)(=O)c2cccc(C(=O)N3CCC4C[C@@H]4[C@@H]3C(=O)NCc3ccc(C(F)(F)F)cc3)c2)C1. The number of amides is 2. The first-order valence-electron chi connectivity index (χ1n) is 12.2. The fraction of sp³-hybridized carbons (Fsp3) is 0.423. The fourth-order valence-electron chi connectivity index (χ4n) is 5.15. The third-order valence-corrected chi connectivity index (χ3v) is 9.31. The fourth-order valence-corrected chi connectivity index (χ4v) is 6.73. The van der Waals surface area contributed by atoms with E-state index in [1.165, 1.54) is 45.6 Å². The number of fused-ring (bicyclic) bond motifs is 1. The van der Waals surface area contributed by atoms with Crippen LogP contribution in [0.25, 0.3) is 0 Å². The van der Waals surface area contributed by atoms with E-state index in [1.54, 1.807) is 0 Å². The van der Waals surface area contributed by atoms with Gasteiger partial charge in [-0.3, -0.25) is 9.59 Å². The Kier molecular flexibility index (Phi) is 6.69. The van der Waals surface area contributed by atoms with Crippen LogP contribution in [0.15, 0.2) is 53.4 Å². The Morgan fingerprint density at radius 1 is 1.11 bits per heavy atom. The Balaban J connectivity index is 1.29. The largest absolute Gasteiger partial charge is 0.416 e. The van der Waals surface area contributed by atoms with Crippen LogP contribution < -0.4 is 5.32 Å². The van der Waals surface area contributed by atoms with Crippen molar-refractivity contribution in [3.8, 4) is 6.07 Å². The first-order chi connectivity index (χ1) is 18.0. The Morgan fingerprint density at radius 3 is 2.47 bits per heavy atom. The lowest BCUT2D eigenvalue weighted by atomic mass is 9.99. The van der Waals surface area contributed by atoms with Crippen molar-refractivity contribution < 1.29 is 31.2 Å². The van der Waals surface area contributed by atoms with Gasteiger partial charge < -0.3 is 10.2 Å². The van der Waals surface area contributed by atoms with Gasteiger partial charge in [0.05, 0.1) is 22.4 Å². The molecule has 2 aromatic rings. The predicted molar refractivity (Wildman–Crippen MR) is 129 cm³/mol. The van der Waals surface area contributed by atoms with Gasteiger partial charge in [0.2, 0.25) is 15.9 Å². The Bertz CT molecular complexity index is 1400. The van der Waals surface area contributed by atoms with E-state index in [1.807, 2.05) is 6.07 Å². The molecule has 0 spiro atoms. The van der Waals surface area contributed by atoms with E-state index in [4.69, 9.17) is 5.26 Å². The predicted octanol–water partition coefficient (Wildman–Crippen LogP) is 3.02. The molecule has 0 radical (unpaired) electrons. The molecule has 2 saturated heterocycles. The Morgan fingerprint density at radius 2 is 1.82 bits per heavy atom. The second-order valence-electron chi connectivity index (χ2n) is 9.98. The molecule has 2 amide bonds. The number of carbonyl (C=O) groups is 2. The summed E-state index contributed by atoms with van der Waals surface area (Å²) in [7, 11) is -3.85. The molecule has 3 aliphatic rings. The maximum atomic E-state index is 13.5. The summed E-state index contributed by atoms with van der Waals surface area (Å²) in [5.74, 6) is -0.891. The van der Waals surface area contributed by atoms with Gasteiger partial charge in [-0.1, -0.05) is 18.2 Å². The maximum Gasteiger partial charge on any atom is 0.416 e. The van der Waals surface area contributed by atoms with Crippen LogP contribution in [0, 0.1) is 29.1 Å². The first kappa shape index (κ1) is 26.2. The number of rotatable bonds is 6. The number of sulfonamides is 1. The average molecular weight is 547 g/mol. The molecule has 1 saturated carbocycles. The molecule has 12 heteroatoms. The first-order valence-corrected chi connectivity index (χ1v) is 13.7. The highest BCUT2D eigenvalue weighted by Crippen LogP contribution is 2.49. The smallest absolute Gasteiger partial charge is 0.350 e. The normalized spacial score (nSPS) is 23.6. The van der Waals surface area contributed by atoms with Crippen LogP contribution in [-0.2, 0) is 27.5 Å². The molecule has 1 unspecified atom stereocenters. The highest BCUT2D eigenvalue weighted by Gasteiger charge is 2.53. The minimum absolute atomic E-state index is 0.0140. The second-order valence-corrected chi connectivity index (χ2v) is 11.9. The zero-order chi connectivity index (χ0) is 27.2. The van der Waals surface area contributed by atoms with E-state index in [0.29, 0.717) is 18.0 Å². The molecule has 8 nitrogen and oxygen atoms in total. The number of nitrogens with one attached hydrogen (secondary N) is 1. The van der Waals surface area contributed by atoms with Gasteiger partial charge in [-0.2, -0.15) is 22.7 Å². The van der Waals surface area contributed by atoms with Gasteiger partial charge in [-0.25, -0.2) is 8.42 Å². The number of alkyl halides is 3. The Labute approximate surface area is 218 Å². The Hall–Kier alpha value is -3.43. The molecular weight excluding hydrogens is 521 g/mol.